The van der Waals surface area contributed by atoms with E-state index in [0.29, 0.717) is 5.69 Å². The lowest BCUT2D eigenvalue weighted by molar-refractivity contribution is 0.111. The predicted octanol–water partition coefficient (Wildman–Crippen LogP) is 1.98. The first kappa shape index (κ1) is 11.5. The van der Waals surface area contributed by atoms with Crippen molar-refractivity contribution in [2.24, 2.45) is 0 Å². The number of rotatable bonds is 3. The van der Waals surface area contributed by atoms with Gasteiger partial charge < -0.3 is 0 Å². The van der Waals surface area contributed by atoms with Crippen LogP contribution in [0.4, 0.5) is 0 Å². The minimum Gasteiger partial charge on any atom is -0.296 e. The monoisotopic (exact) mass is 262 g/mol. The molecule has 0 aliphatic heterocycles. The Balaban J connectivity index is 2.06. The number of nitrogens with zero attached hydrogens (tertiary/aromatic N) is 4. The van der Waals surface area contributed by atoms with Crippen molar-refractivity contribution in [3.8, 4) is 5.13 Å². The molecule has 0 unspecified atom stereocenters. The molecule has 0 aromatic carbocycles. The number of carbonyl (C=O) groups excluding carboxylic acids is 1. The summed E-state index contributed by atoms with van der Waals surface area (Å²) in [5, 5.41) is 8.80. The smallest absolute Gasteiger partial charge is 0.212 e. The zero-order valence-electron chi connectivity index (χ0n) is 10.2. The van der Waals surface area contributed by atoms with Crippen LogP contribution in [0.1, 0.15) is 46.5 Å². The Morgan fingerprint density at radius 1 is 1.39 bits per heavy atom. The van der Waals surface area contributed by atoms with Gasteiger partial charge >= 0.3 is 0 Å². The lowest BCUT2D eigenvalue weighted by Gasteiger charge is -2.06. The SMILES string of the molecule is CCc1c(C=O)nnn1-c1nc2c(s1)CCCC2. The normalized spacial score (nSPS) is 14.5. The van der Waals surface area contributed by atoms with E-state index in [9.17, 15) is 4.79 Å². The van der Waals surface area contributed by atoms with Crippen LogP contribution in [0.25, 0.3) is 5.13 Å². The number of carbonyl (C=O) groups is 1. The van der Waals surface area contributed by atoms with E-state index < -0.39 is 0 Å². The minimum atomic E-state index is 0.422. The third-order valence-electron chi connectivity index (χ3n) is 3.26. The molecule has 2 heterocycles. The summed E-state index contributed by atoms with van der Waals surface area (Å²) in [5.74, 6) is 0. The van der Waals surface area contributed by atoms with Crippen LogP contribution in [-0.2, 0) is 19.3 Å². The van der Waals surface area contributed by atoms with E-state index in [2.05, 4.69) is 15.3 Å². The average Bonchev–Trinajstić information content (AvgIpc) is 3.00. The summed E-state index contributed by atoms with van der Waals surface area (Å²) in [7, 11) is 0. The Bertz CT molecular complexity index is 563. The molecule has 0 spiro atoms. The van der Waals surface area contributed by atoms with Crippen molar-refractivity contribution in [3.63, 3.8) is 0 Å². The molecular formula is C12H14N4OS. The van der Waals surface area contributed by atoms with Crippen LogP contribution in [0, 0.1) is 0 Å². The number of hydrogen-bond acceptors (Lipinski definition) is 5. The first-order valence-electron chi connectivity index (χ1n) is 6.22. The molecule has 94 valence electrons. The molecule has 0 N–H and O–H groups in total. The first-order chi connectivity index (χ1) is 8.83. The molecule has 1 aliphatic carbocycles. The van der Waals surface area contributed by atoms with Crippen molar-refractivity contribution in [3.05, 3.63) is 22.0 Å². The molecule has 6 heteroatoms. The van der Waals surface area contributed by atoms with Crippen molar-refractivity contribution in [2.75, 3.05) is 0 Å². The number of aldehydes is 1. The number of thiazole rings is 1. The van der Waals surface area contributed by atoms with Crippen molar-refractivity contribution in [1.82, 2.24) is 20.0 Å². The highest BCUT2D eigenvalue weighted by molar-refractivity contribution is 7.14. The molecule has 5 nitrogen and oxygen atoms in total. The highest BCUT2D eigenvalue weighted by atomic mass is 32.1. The number of hydrogen-bond donors (Lipinski definition) is 0. The number of aromatic nitrogens is 4. The summed E-state index contributed by atoms with van der Waals surface area (Å²) in [6.07, 6.45) is 6.12. The maximum atomic E-state index is 10.9. The van der Waals surface area contributed by atoms with Crippen LogP contribution in [-0.4, -0.2) is 26.3 Å². The Hall–Kier alpha value is -1.56. The van der Waals surface area contributed by atoms with Gasteiger partial charge in [0, 0.05) is 4.88 Å². The van der Waals surface area contributed by atoms with Gasteiger partial charge in [0.15, 0.2) is 6.29 Å². The van der Waals surface area contributed by atoms with Gasteiger partial charge in [-0.3, -0.25) is 4.79 Å². The maximum absolute atomic E-state index is 10.9. The molecule has 1 aliphatic rings. The summed E-state index contributed by atoms with van der Waals surface area (Å²) >= 11 is 1.68. The van der Waals surface area contributed by atoms with Crippen molar-refractivity contribution < 1.29 is 4.79 Å². The van der Waals surface area contributed by atoms with Crippen LogP contribution in [0.5, 0.6) is 0 Å². The molecule has 0 fully saturated rings. The molecule has 18 heavy (non-hydrogen) atoms. The van der Waals surface area contributed by atoms with Crippen LogP contribution in [0.15, 0.2) is 0 Å². The van der Waals surface area contributed by atoms with Gasteiger partial charge in [-0.25, -0.2) is 4.98 Å². The second-order valence-corrected chi connectivity index (χ2v) is 5.44. The molecule has 0 radical (unpaired) electrons. The van der Waals surface area contributed by atoms with Gasteiger partial charge in [0.2, 0.25) is 5.13 Å². The van der Waals surface area contributed by atoms with Crippen LogP contribution in [0.2, 0.25) is 0 Å². The van der Waals surface area contributed by atoms with E-state index in [-0.39, 0.29) is 0 Å². The Kier molecular flexibility index (Phi) is 2.95. The lowest BCUT2D eigenvalue weighted by atomic mass is 10.0. The van der Waals surface area contributed by atoms with Gasteiger partial charge in [-0.2, -0.15) is 4.68 Å². The Morgan fingerprint density at radius 3 is 2.94 bits per heavy atom. The second-order valence-electron chi connectivity index (χ2n) is 4.38. The predicted molar refractivity (Wildman–Crippen MR) is 68.4 cm³/mol. The van der Waals surface area contributed by atoms with E-state index in [1.807, 2.05) is 6.92 Å². The Labute approximate surface area is 109 Å². The summed E-state index contributed by atoms with van der Waals surface area (Å²) in [4.78, 5) is 16.9. The lowest BCUT2D eigenvalue weighted by Crippen LogP contribution is -2.03. The summed E-state index contributed by atoms with van der Waals surface area (Å²) in [6.45, 7) is 2.00. The van der Waals surface area contributed by atoms with E-state index in [0.717, 1.165) is 36.4 Å². The quantitative estimate of drug-likeness (QED) is 0.793. The molecule has 0 bridgehead atoms. The average molecular weight is 262 g/mol. The van der Waals surface area contributed by atoms with Crippen LogP contribution < -0.4 is 0 Å². The standard InChI is InChI=1S/C12H14N4OS/c1-2-10-9(7-17)14-15-16(10)12-13-8-5-3-4-6-11(8)18-12/h7H,2-6H2,1H3. The fourth-order valence-electron chi connectivity index (χ4n) is 2.32. The van der Waals surface area contributed by atoms with E-state index in [1.165, 1.54) is 23.4 Å². The second kappa shape index (κ2) is 4.61. The highest BCUT2D eigenvalue weighted by Gasteiger charge is 2.19. The Morgan fingerprint density at radius 2 is 2.22 bits per heavy atom. The molecular weight excluding hydrogens is 248 g/mol. The third-order valence-corrected chi connectivity index (χ3v) is 4.39. The molecule has 2 aromatic heterocycles. The van der Waals surface area contributed by atoms with Gasteiger partial charge in [0.05, 0.1) is 11.4 Å². The fraction of sp³-hybridized carbons (Fsp3) is 0.500. The van der Waals surface area contributed by atoms with Crippen LogP contribution in [0.3, 0.4) is 0 Å². The molecule has 0 saturated carbocycles. The largest absolute Gasteiger partial charge is 0.296 e. The van der Waals surface area contributed by atoms with E-state index in [4.69, 9.17) is 0 Å². The van der Waals surface area contributed by atoms with Gasteiger partial charge in [0.25, 0.3) is 0 Å². The summed E-state index contributed by atoms with van der Waals surface area (Å²) in [6, 6.07) is 0. The maximum Gasteiger partial charge on any atom is 0.212 e. The summed E-state index contributed by atoms with van der Waals surface area (Å²) in [5.41, 5.74) is 2.47. The minimum absolute atomic E-state index is 0.422. The fourth-order valence-corrected chi connectivity index (χ4v) is 3.44. The molecule has 3 rings (SSSR count). The number of aryl methyl sites for hydroxylation is 2. The van der Waals surface area contributed by atoms with Gasteiger partial charge in [-0.1, -0.05) is 23.5 Å². The molecule has 0 amide bonds. The zero-order chi connectivity index (χ0) is 12.5. The van der Waals surface area contributed by atoms with E-state index >= 15 is 0 Å². The molecule has 0 atom stereocenters. The van der Waals surface area contributed by atoms with Gasteiger partial charge in [0.1, 0.15) is 5.69 Å². The van der Waals surface area contributed by atoms with E-state index in [1.54, 1.807) is 16.0 Å². The summed E-state index contributed by atoms with van der Waals surface area (Å²) < 4.78 is 1.72. The highest BCUT2D eigenvalue weighted by Crippen LogP contribution is 2.29. The van der Waals surface area contributed by atoms with Crippen molar-refractivity contribution in [1.29, 1.82) is 0 Å². The third kappa shape index (κ3) is 1.77. The van der Waals surface area contributed by atoms with Gasteiger partial charge in [-0.05, 0) is 32.1 Å². The van der Waals surface area contributed by atoms with Crippen molar-refractivity contribution in [2.45, 2.75) is 39.0 Å². The molecule has 2 aromatic rings. The van der Waals surface area contributed by atoms with Crippen LogP contribution >= 0.6 is 11.3 Å². The number of fused-ring (bicyclic) bond motifs is 1. The van der Waals surface area contributed by atoms with Crippen molar-refractivity contribution >= 4 is 17.6 Å². The van der Waals surface area contributed by atoms with Gasteiger partial charge in [-0.15, -0.1) is 5.10 Å². The first-order valence-corrected chi connectivity index (χ1v) is 7.03. The zero-order valence-corrected chi connectivity index (χ0v) is 11.0. The molecule has 0 saturated heterocycles. The topological polar surface area (TPSA) is 60.7 Å².